The van der Waals surface area contributed by atoms with Gasteiger partial charge < -0.3 is 5.32 Å². The molecule has 1 aromatic heterocycles. The van der Waals surface area contributed by atoms with Crippen molar-refractivity contribution in [3.05, 3.63) is 45.1 Å². The Kier molecular flexibility index (Phi) is 2.93. The minimum absolute atomic E-state index is 0.0888. The van der Waals surface area contributed by atoms with E-state index in [4.69, 9.17) is 0 Å². The molecule has 3 rings (SSSR count). The second-order valence-electron chi connectivity index (χ2n) is 4.94. The van der Waals surface area contributed by atoms with Crippen LogP contribution in [0.3, 0.4) is 0 Å². The number of benzene rings is 1. The number of nitro benzene ring substituents is 1. The van der Waals surface area contributed by atoms with Gasteiger partial charge in [-0.05, 0) is 25.3 Å². The molecule has 1 N–H and O–H groups in total. The molecular formula is C14H16N4O2. The number of aryl methyl sites for hydroxylation is 2. The average Bonchev–Trinajstić information content (AvgIpc) is 3.00. The fourth-order valence-corrected chi connectivity index (χ4v) is 2.64. The third-order valence-corrected chi connectivity index (χ3v) is 3.70. The van der Waals surface area contributed by atoms with Gasteiger partial charge in [0.15, 0.2) is 0 Å². The van der Waals surface area contributed by atoms with Gasteiger partial charge in [0, 0.05) is 24.2 Å². The maximum Gasteiger partial charge on any atom is 0.271 e. The van der Waals surface area contributed by atoms with Gasteiger partial charge in [-0.2, -0.15) is 5.10 Å². The predicted molar refractivity (Wildman–Crippen MR) is 76.5 cm³/mol. The molecule has 2 heterocycles. The van der Waals surface area contributed by atoms with Gasteiger partial charge in [-0.15, -0.1) is 0 Å². The van der Waals surface area contributed by atoms with Gasteiger partial charge in [-0.1, -0.05) is 13.0 Å². The van der Waals surface area contributed by atoms with E-state index in [9.17, 15) is 10.1 Å². The molecule has 0 radical (unpaired) electrons. The highest BCUT2D eigenvalue weighted by molar-refractivity contribution is 5.60. The molecule has 0 saturated heterocycles. The Balaban J connectivity index is 2.19. The third kappa shape index (κ3) is 1.84. The Morgan fingerprint density at radius 3 is 3.00 bits per heavy atom. The van der Waals surface area contributed by atoms with E-state index in [2.05, 4.69) is 17.3 Å². The predicted octanol–water partition coefficient (Wildman–Crippen LogP) is 2.62. The Labute approximate surface area is 116 Å². The molecule has 104 valence electrons. The van der Waals surface area contributed by atoms with Crippen molar-refractivity contribution in [3.63, 3.8) is 0 Å². The summed E-state index contributed by atoms with van der Waals surface area (Å²) in [6.45, 7) is 4.91. The van der Waals surface area contributed by atoms with Crippen molar-refractivity contribution in [2.75, 3.05) is 11.9 Å². The number of hydrogen-bond acceptors (Lipinski definition) is 4. The van der Waals surface area contributed by atoms with Crippen LogP contribution in [0.2, 0.25) is 0 Å². The summed E-state index contributed by atoms with van der Waals surface area (Å²) in [6.07, 6.45) is 1.83. The average molecular weight is 272 g/mol. The van der Waals surface area contributed by atoms with E-state index in [1.165, 1.54) is 11.6 Å². The zero-order chi connectivity index (χ0) is 14.3. The maximum atomic E-state index is 11.0. The Bertz CT molecular complexity index is 691. The van der Waals surface area contributed by atoms with Crippen molar-refractivity contribution in [1.82, 2.24) is 9.78 Å². The lowest BCUT2D eigenvalue weighted by Crippen LogP contribution is -2.06. The molecule has 1 aliphatic rings. The molecule has 20 heavy (non-hydrogen) atoms. The van der Waals surface area contributed by atoms with Crippen LogP contribution >= 0.6 is 0 Å². The van der Waals surface area contributed by atoms with Crippen LogP contribution in [0, 0.1) is 17.0 Å². The van der Waals surface area contributed by atoms with Gasteiger partial charge in [-0.25, -0.2) is 4.68 Å². The minimum atomic E-state index is -0.374. The van der Waals surface area contributed by atoms with Crippen molar-refractivity contribution in [2.24, 2.45) is 0 Å². The van der Waals surface area contributed by atoms with Crippen molar-refractivity contribution >= 4 is 11.5 Å². The summed E-state index contributed by atoms with van der Waals surface area (Å²) >= 11 is 0. The summed E-state index contributed by atoms with van der Waals surface area (Å²) in [4.78, 5) is 10.6. The van der Waals surface area contributed by atoms with E-state index in [0.29, 0.717) is 0 Å². The van der Waals surface area contributed by atoms with Crippen molar-refractivity contribution < 1.29 is 4.92 Å². The lowest BCUT2D eigenvalue weighted by Gasteiger charge is -2.09. The van der Waals surface area contributed by atoms with Gasteiger partial charge in [0.25, 0.3) is 5.69 Å². The van der Waals surface area contributed by atoms with Crippen LogP contribution in [-0.2, 0) is 12.8 Å². The van der Waals surface area contributed by atoms with Crippen LogP contribution in [0.25, 0.3) is 5.69 Å². The lowest BCUT2D eigenvalue weighted by atomic mass is 10.1. The molecule has 0 saturated carbocycles. The number of non-ortho nitro benzene ring substituents is 1. The van der Waals surface area contributed by atoms with Crippen LogP contribution in [-0.4, -0.2) is 21.2 Å². The minimum Gasteiger partial charge on any atom is -0.369 e. The van der Waals surface area contributed by atoms with Crippen molar-refractivity contribution in [2.45, 2.75) is 26.7 Å². The number of nitrogens with one attached hydrogen (secondary N) is 1. The Hall–Kier alpha value is -2.37. The summed E-state index contributed by atoms with van der Waals surface area (Å²) in [5.74, 6) is 0.977. The molecule has 0 atom stereocenters. The number of hydrogen-bond donors (Lipinski definition) is 1. The highest BCUT2D eigenvalue weighted by Crippen LogP contribution is 2.31. The fraction of sp³-hybridized carbons (Fsp3) is 0.357. The highest BCUT2D eigenvalue weighted by atomic mass is 16.6. The molecule has 0 aliphatic carbocycles. The maximum absolute atomic E-state index is 11.0. The summed E-state index contributed by atoms with van der Waals surface area (Å²) < 4.78 is 1.81. The number of anilines is 1. The Morgan fingerprint density at radius 2 is 2.30 bits per heavy atom. The third-order valence-electron chi connectivity index (χ3n) is 3.70. The zero-order valence-electron chi connectivity index (χ0n) is 11.5. The van der Waals surface area contributed by atoms with Gasteiger partial charge >= 0.3 is 0 Å². The lowest BCUT2D eigenvalue weighted by molar-refractivity contribution is -0.384. The monoisotopic (exact) mass is 272 g/mol. The molecule has 2 aromatic rings. The summed E-state index contributed by atoms with van der Waals surface area (Å²) in [6, 6.07) is 4.88. The summed E-state index contributed by atoms with van der Waals surface area (Å²) in [5.41, 5.74) is 4.13. The summed E-state index contributed by atoms with van der Waals surface area (Å²) in [5, 5.41) is 18.9. The molecule has 0 spiro atoms. The topological polar surface area (TPSA) is 73.0 Å². The van der Waals surface area contributed by atoms with Gasteiger partial charge in [0.05, 0.1) is 16.3 Å². The quantitative estimate of drug-likeness (QED) is 0.688. The van der Waals surface area contributed by atoms with Gasteiger partial charge in [0.2, 0.25) is 0 Å². The molecule has 0 bridgehead atoms. The standard InChI is InChI=1S/C14H16N4O2/c1-3-12-11-6-7-15-14(11)17(16-12)13-8-10(18(19)20)5-4-9(13)2/h4-5,8,15H,3,6-7H2,1-2H3. The largest absolute Gasteiger partial charge is 0.369 e. The number of nitro groups is 1. The fourth-order valence-electron chi connectivity index (χ4n) is 2.64. The molecule has 6 heteroatoms. The van der Waals surface area contributed by atoms with Crippen LogP contribution in [0.4, 0.5) is 11.5 Å². The van der Waals surface area contributed by atoms with E-state index in [1.807, 2.05) is 11.6 Å². The number of aromatic nitrogens is 2. The zero-order valence-corrected chi connectivity index (χ0v) is 11.5. The first-order valence-electron chi connectivity index (χ1n) is 6.72. The molecule has 0 unspecified atom stereocenters. The van der Waals surface area contributed by atoms with E-state index in [-0.39, 0.29) is 10.6 Å². The number of nitrogens with zero attached hydrogens (tertiary/aromatic N) is 3. The van der Waals surface area contributed by atoms with Gasteiger partial charge in [-0.3, -0.25) is 10.1 Å². The second kappa shape index (κ2) is 4.63. The molecule has 0 fully saturated rings. The van der Waals surface area contributed by atoms with Gasteiger partial charge in [0.1, 0.15) is 5.82 Å². The second-order valence-corrected chi connectivity index (χ2v) is 4.94. The first kappa shape index (κ1) is 12.7. The molecule has 1 aliphatic heterocycles. The number of fused-ring (bicyclic) bond motifs is 1. The highest BCUT2D eigenvalue weighted by Gasteiger charge is 2.23. The first-order chi connectivity index (χ1) is 9.61. The van der Waals surface area contributed by atoms with Crippen LogP contribution in [0.1, 0.15) is 23.7 Å². The summed E-state index contributed by atoms with van der Waals surface area (Å²) in [7, 11) is 0. The van der Waals surface area contributed by atoms with E-state index in [1.54, 1.807) is 12.1 Å². The molecule has 0 amide bonds. The normalized spacial score (nSPS) is 13.1. The SMILES string of the molecule is CCc1nn(-c2cc([N+](=O)[O-])ccc2C)c2c1CCN2. The van der Waals surface area contributed by atoms with E-state index < -0.39 is 0 Å². The van der Waals surface area contributed by atoms with E-state index >= 15 is 0 Å². The molecule has 6 nitrogen and oxygen atoms in total. The van der Waals surface area contributed by atoms with E-state index in [0.717, 1.165) is 42.1 Å². The first-order valence-corrected chi connectivity index (χ1v) is 6.72. The van der Waals surface area contributed by atoms with Crippen LogP contribution in [0.15, 0.2) is 18.2 Å². The smallest absolute Gasteiger partial charge is 0.271 e. The van der Waals surface area contributed by atoms with Crippen molar-refractivity contribution in [3.8, 4) is 5.69 Å². The Morgan fingerprint density at radius 1 is 1.50 bits per heavy atom. The number of rotatable bonds is 3. The molecule has 1 aromatic carbocycles. The van der Waals surface area contributed by atoms with Crippen molar-refractivity contribution in [1.29, 1.82) is 0 Å². The van der Waals surface area contributed by atoms with Crippen LogP contribution in [0.5, 0.6) is 0 Å². The molecular weight excluding hydrogens is 256 g/mol. The van der Waals surface area contributed by atoms with Crippen LogP contribution < -0.4 is 5.32 Å².